The quantitative estimate of drug-likeness (QED) is 0.845. The molecule has 0 aromatic carbocycles. The van der Waals surface area contributed by atoms with Crippen molar-refractivity contribution in [2.75, 3.05) is 13.1 Å². The molecule has 1 heterocycles. The molecule has 1 fully saturated rings. The lowest BCUT2D eigenvalue weighted by atomic mass is 10.1. The number of halogens is 1. The molecule has 5 heteroatoms. The Morgan fingerprint density at radius 2 is 2.20 bits per heavy atom. The van der Waals surface area contributed by atoms with E-state index in [0.29, 0.717) is 17.6 Å². The van der Waals surface area contributed by atoms with Crippen LogP contribution in [0, 0.1) is 0 Å². The smallest absolute Gasteiger partial charge is 0.410 e. The van der Waals surface area contributed by atoms with Gasteiger partial charge in [0.05, 0.1) is 0 Å². The fourth-order valence-electron chi connectivity index (χ4n) is 2.42. The first-order valence-corrected chi connectivity index (χ1v) is 7.63. The Labute approximate surface area is 127 Å². The van der Waals surface area contributed by atoms with E-state index >= 15 is 0 Å². The van der Waals surface area contributed by atoms with Gasteiger partial charge in [-0.05, 0) is 47.0 Å². The van der Waals surface area contributed by atoms with E-state index < -0.39 is 5.60 Å². The molecule has 4 nitrogen and oxygen atoms in total. The largest absolute Gasteiger partial charge is 0.444 e. The van der Waals surface area contributed by atoms with E-state index in [4.69, 9.17) is 16.3 Å². The number of nitrogens with zero attached hydrogens (tertiary/aromatic N) is 1. The van der Waals surface area contributed by atoms with Crippen molar-refractivity contribution in [2.45, 2.75) is 64.6 Å². The summed E-state index contributed by atoms with van der Waals surface area (Å²) in [5.41, 5.74) is -0.440. The van der Waals surface area contributed by atoms with Crippen LogP contribution in [0.5, 0.6) is 0 Å². The van der Waals surface area contributed by atoms with Gasteiger partial charge in [0.15, 0.2) is 0 Å². The molecular weight excluding hydrogens is 276 g/mol. The Morgan fingerprint density at radius 1 is 1.55 bits per heavy atom. The summed E-state index contributed by atoms with van der Waals surface area (Å²) >= 11 is 5.75. The van der Waals surface area contributed by atoms with Gasteiger partial charge in [-0.25, -0.2) is 4.79 Å². The Hall–Kier alpha value is -0.740. The van der Waals surface area contributed by atoms with E-state index in [2.05, 4.69) is 18.8 Å². The highest BCUT2D eigenvalue weighted by molar-refractivity contribution is 6.29. The standard InChI is InChI=1S/C15H27ClN2O2/c1-11(16)10-17-12(2)9-13-7-6-8-18(13)14(19)20-15(3,4)5/h12-13,17H,1,6-10H2,2-5H3. The van der Waals surface area contributed by atoms with Crippen LogP contribution in [0.4, 0.5) is 4.79 Å². The van der Waals surface area contributed by atoms with Crippen LogP contribution < -0.4 is 5.32 Å². The fraction of sp³-hybridized carbons (Fsp3) is 0.800. The zero-order chi connectivity index (χ0) is 15.3. The first-order valence-electron chi connectivity index (χ1n) is 7.25. The van der Waals surface area contributed by atoms with Gasteiger partial charge in [0.1, 0.15) is 5.60 Å². The third-order valence-corrected chi connectivity index (χ3v) is 3.41. The summed E-state index contributed by atoms with van der Waals surface area (Å²) in [6.07, 6.45) is 2.78. The van der Waals surface area contributed by atoms with Gasteiger partial charge < -0.3 is 15.0 Å². The van der Waals surface area contributed by atoms with Gasteiger partial charge in [0.25, 0.3) is 0 Å². The van der Waals surface area contributed by atoms with Crippen LogP contribution in [0.25, 0.3) is 0 Å². The topological polar surface area (TPSA) is 41.6 Å². The van der Waals surface area contributed by atoms with Crippen LogP contribution in [-0.4, -0.2) is 41.8 Å². The molecule has 2 unspecified atom stereocenters. The van der Waals surface area contributed by atoms with Crippen molar-refractivity contribution >= 4 is 17.7 Å². The molecule has 0 bridgehead atoms. The first-order chi connectivity index (χ1) is 9.19. The van der Waals surface area contributed by atoms with Crippen molar-refractivity contribution in [3.8, 4) is 0 Å². The molecule has 2 atom stereocenters. The van der Waals surface area contributed by atoms with E-state index in [0.717, 1.165) is 25.8 Å². The van der Waals surface area contributed by atoms with Crippen molar-refractivity contribution in [1.82, 2.24) is 10.2 Å². The van der Waals surface area contributed by atoms with Crippen molar-refractivity contribution in [1.29, 1.82) is 0 Å². The first kappa shape index (κ1) is 17.3. The maximum atomic E-state index is 12.2. The van der Waals surface area contributed by atoms with Crippen molar-refractivity contribution in [3.63, 3.8) is 0 Å². The minimum absolute atomic E-state index is 0.200. The minimum Gasteiger partial charge on any atom is -0.444 e. The fourth-order valence-corrected chi connectivity index (χ4v) is 2.50. The van der Waals surface area contributed by atoms with Crippen molar-refractivity contribution in [3.05, 3.63) is 11.6 Å². The Bertz CT molecular complexity index is 352. The van der Waals surface area contributed by atoms with Crippen LogP contribution in [0.2, 0.25) is 0 Å². The average molecular weight is 303 g/mol. The van der Waals surface area contributed by atoms with Crippen LogP contribution in [-0.2, 0) is 4.74 Å². The second-order valence-electron chi connectivity index (χ2n) is 6.50. The lowest BCUT2D eigenvalue weighted by molar-refractivity contribution is 0.0215. The van der Waals surface area contributed by atoms with E-state index in [1.807, 2.05) is 25.7 Å². The predicted molar refractivity (Wildman–Crippen MR) is 83.0 cm³/mol. The highest BCUT2D eigenvalue weighted by atomic mass is 35.5. The Kier molecular flexibility index (Phi) is 6.34. The second kappa shape index (κ2) is 7.32. The highest BCUT2D eigenvalue weighted by Gasteiger charge is 2.32. The molecule has 116 valence electrons. The van der Waals surface area contributed by atoms with Gasteiger partial charge in [0, 0.05) is 30.2 Å². The van der Waals surface area contributed by atoms with Gasteiger partial charge in [-0.1, -0.05) is 18.2 Å². The molecule has 0 aromatic rings. The van der Waals surface area contributed by atoms with Gasteiger partial charge in [-0.2, -0.15) is 0 Å². The Balaban J connectivity index is 2.48. The normalized spacial score (nSPS) is 20.9. The van der Waals surface area contributed by atoms with E-state index in [1.54, 1.807) is 0 Å². The molecule has 20 heavy (non-hydrogen) atoms. The number of carbonyl (C=O) groups is 1. The number of amides is 1. The monoisotopic (exact) mass is 302 g/mol. The summed E-state index contributed by atoms with van der Waals surface area (Å²) < 4.78 is 5.46. The number of hydrogen-bond donors (Lipinski definition) is 1. The van der Waals surface area contributed by atoms with E-state index in [-0.39, 0.29) is 12.1 Å². The molecular formula is C15H27ClN2O2. The molecule has 0 aromatic heterocycles. The summed E-state index contributed by atoms with van der Waals surface area (Å²) in [6.45, 7) is 12.8. The average Bonchev–Trinajstić information content (AvgIpc) is 2.72. The van der Waals surface area contributed by atoms with Gasteiger partial charge in [0.2, 0.25) is 0 Å². The lowest BCUT2D eigenvalue weighted by Gasteiger charge is -2.30. The van der Waals surface area contributed by atoms with Crippen molar-refractivity contribution < 1.29 is 9.53 Å². The number of rotatable bonds is 5. The third kappa shape index (κ3) is 6.14. The van der Waals surface area contributed by atoms with Gasteiger partial charge in [-0.3, -0.25) is 0 Å². The SMILES string of the molecule is C=C(Cl)CNC(C)CC1CCCN1C(=O)OC(C)(C)C. The van der Waals surface area contributed by atoms with E-state index in [1.165, 1.54) is 0 Å². The van der Waals surface area contributed by atoms with Crippen LogP contribution in [0.15, 0.2) is 11.6 Å². The van der Waals surface area contributed by atoms with Gasteiger partial charge in [-0.15, -0.1) is 0 Å². The molecule has 0 radical (unpaired) electrons. The molecule has 1 N–H and O–H groups in total. The number of carbonyl (C=O) groups excluding carboxylic acids is 1. The number of nitrogens with one attached hydrogen (secondary N) is 1. The molecule has 0 spiro atoms. The summed E-state index contributed by atoms with van der Waals surface area (Å²) in [5, 5.41) is 3.91. The van der Waals surface area contributed by atoms with Crippen LogP contribution in [0.3, 0.4) is 0 Å². The minimum atomic E-state index is -0.440. The second-order valence-corrected chi connectivity index (χ2v) is 7.04. The summed E-state index contributed by atoms with van der Waals surface area (Å²) in [7, 11) is 0. The zero-order valence-electron chi connectivity index (χ0n) is 13.0. The van der Waals surface area contributed by atoms with E-state index in [9.17, 15) is 4.79 Å². The van der Waals surface area contributed by atoms with Gasteiger partial charge >= 0.3 is 6.09 Å². The summed E-state index contributed by atoms with van der Waals surface area (Å²) in [6, 6.07) is 0.537. The highest BCUT2D eigenvalue weighted by Crippen LogP contribution is 2.24. The maximum absolute atomic E-state index is 12.2. The summed E-state index contributed by atoms with van der Waals surface area (Å²) in [5.74, 6) is 0. The molecule has 1 aliphatic rings. The Morgan fingerprint density at radius 3 is 2.75 bits per heavy atom. The summed E-state index contributed by atoms with van der Waals surface area (Å²) in [4.78, 5) is 14.0. The molecule has 1 amide bonds. The maximum Gasteiger partial charge on any atom is 0.410 e. The predicted octanol–water partition coefficient (Wildman–Crippen LogP) is 3.51. The lowest BCUT2D eigenvalue weighted by Crippen LogP contribution is -2.42. The van der Waals surface area contributed by atoms with Crippen LogP contribution >= 0.6 is 11.6 Å². The molecule has 1 saturated heterocycles. The van der Waals surface area contributed by atoms with Crippen molar-refractivity contribution in [2.24, 2.45) is 0 Å². The number of ether oxygens (including phenoxy) is 1. The molecule has 1 rings (SSSR count). The molecule has 0 saturated carbocycles. The number of hydrogen-bond acceptors (Lipinski definition) is 3. The number of likely N-dealkylation sites (tertiary alicyclic amines) is 1. The van der Waals surface area contributed by atoms with Crippen LogP contribution in [0.1, 0.15) is 47.0 Å². The zero-order valence-corrected chi connectivity index (χ0v) is 13.8. The molecule has 1 aliphatic heterocycles. The molecule has 0 aliphatic carbocycles. The third-order valence-electron chi connectivity index (χ3n) is 3.27.